The van der Waals surface area contributed by atoms with Crippen molar-refractivity contribution in [1.82, 2.24) is 4.98 Å². The van der Waals surface area contributed by atoms with Gasteiger partial charge in [-0.05, 0) is 47.9 Å². The predicted octanol–water partition coefficient (Wildman–Crippen LogP) is 3.97. The summed E-state index contributed by atoms with van der Waals surface area (Å²) in [6.07, 6.45) is 0.429. The second-order valence-corrected chi connectivity index (χ2v) is 8.00. The van der Waals surface area contributed by atoms with Crippen LogP contribution in [-0.4, -0.2) is 32.8 Å². The molecule has 0 fully saturated rings. The van der Waals surface area contributed by atoms with Crippen molar-refractivity contribution in [3.63, 3.8) is 0 Å². The molecule has 35 heavy (non-hydrogen) atoms. The first kappa shape index (κ1) is 23.5. The lowest BCUT2D eigenvalue weighted by atomic mass is 9.98. The quantitative estimate of drug-likeness (QED) is 0.194. The number of aliphatic imine (C=N–C) groups is 2. The van der Waals surface area contributed by atoms with Crippen molar-refractivity contribution >= 4 is 34.2 Å². The second kappa shape index (κ2) is 10.1. The molecular weight excluding hydrogens is 449 g/mol. The Kier molecular flexibility index (Phi) is 6.77. The van der Waals surface area contributed by atoms with Crippen LogP contribution < -0.4 is 11.5 Å². The number of carboxylic acids is 1. The fraction of sp³-hybridized carbons (Fsp3) is 0.115. The summed E-state index contributed by atoms with van der Waals surface area (Å²) in [5.41, 5.74) is 15.2. The van der Waals surface area contributed by atoms with Crippen molar-refractivity contribution in [3.05, 3.63) is 94.8 Å². The van der Waals surface area contributed by atoms with Crippen LogP contribution in [0.4, 0.5) is 10.1 Å². The highest BCUT2D eigenvalue weighted by Crippen LogP contribution is 2.32. The van der Waals surface area contributed by atoms with Gasteiger partial charge < -0.3 is 26.7 Å². The van der Waals surface area contributed by atoms with Crippen molar-refractivity contribution in [3.8, 4) is 5.88 Å². The van der Waals surface area contributed by atoms with Gasteiger partial charge in [-0.25, -0.2) is 14.4 Å². The number of carbonyl (C=O) groups is 1. The van der Waals surface area contributed by atoms with Crippen LogP contribution in [-0.2, 0) is 17.8 Å². The minimum atomic E-state index is -0.865. The van der Waals surface area contributed by atoms with Crippen LogP contribution in [0.15, 0.2) is 76.7 Å². The molecule has 0 aliphatic rings. The van der Waals surface area contributed by atoms with E-state index in [0.717, 1.165) is 11.1 Å². The maximum absolute atomic E-state index is 13.8. The number of H-pyrrole nitrogens is 1. The Morgan fingerprint density at radius 3 is 2.31 bits per heavy atom. The van der Waals surface area contributed by atoms with Crippen LogP contribution in [0.25, 0.3) is 10.9 Å². The van der Waals surface area contributed by atoms with Crippen molar-refractivity contribution in [2.75, 3.05) is 0 Å². The van der Waals surface area contributed by atoms with E-state index in [9.17, 15) is 14.3 Å². The molecule has 0 bridgehead atoms. The third kappa shape index (κ3) is 5.64. The average Bonchev–Trinajstić information content (AvgIpc) is 3.15. The van der Waals surface area contributed by atoms with Gasteiger partial charge in [-0.3, -0.25) is 4.79 Å². The highest BCUT2D eigenvalue weighted by molar-refractivity contribution is 6.21. The highest BCUT2D eigenvalue weighted by atomic mass is 19.1. The number of carboxylic acid groups (broad SMARTS) is 1. The smallest absolute Gasteiger partial charge is 0.303 e. The summed E-state index contributed by atoms with van der Waals surface area (Å²) >= 11 is 0. The molecule has 3 aromatic carbocycles. The number of aromatic nitrogens is 1. The number of nitrogens with two attached hydrogens (primary N) is 2. The van der Waals surface area contributed by atoms with Gasteiger partial charge >= 0.3 is 5.97 Å². The maximum atomic E-state index is 13.8. The molecule has 8 nitrogen and oxygen atoms in total. The number of nitrogens with zero attached hydrogens (tertiary/aromatic N) is 2. The number of aromatic hydroxyl groups is 1. The lowest BCUT2D eigenvalue weighted by molar-refractivity contribution is -0.136. The molecule has 1 heterocycles. The molecule has 4 aromatic rings. The topological polar surface area (TPSA) is 150 Å². The van der Waals surface area contributed by atoms with Gasteiger partial charge in [0.2, 0.25) is 0 Å². The fourth-order valence-electron chi connectivity index (χ4n) is 3.73. The molecule has 0 unspecified atom stereocenters. The van der Waals surface area contributed by atoms with E-state index in [1.807, 2.05) is 48.5 Å². The third-order valence-corrected chi connectivity index (χ3v) is 5.45. The summed E-state index contributed by atoms with van der Waals surface area (Å²) in [5.74, 6) is -1.42. The van der Waals surface area contributed by atoms with E-state index in [4.69, 9.17) is 21.6 Å². The summed E-state index contributed by atoms with van der Waals surface area (Å²) in [6, 6.07) is 18.9. The van der Waals surface area contributed by atoms with Crippen molar-refractivity contribution in [2.45, 2.75) is 19.4 Å². The number of aliphatic carboxylic acids is 1. The number of aromatic amines is 1. The van der Waals surface area contributed by atoms with E-state index in [-0.39, 0.29) is 18.3 Å². The summed E-state index contributed by atoms with van der Waals surface area (Å²) in [6.45, 7) is 0.339. The Bertz CT molecular complexity index is 1420. The summed E-state index contributed by atoms with van der Waals surface area (Å²) < 4.78 is 13.8. The third-order valence-electron chi connectivity index (χ3n) is 5.45. The molecule has 0 saturated carbocycles. The zero-order valence-corrected chi connectivity index (χ0v) is 18.7. The Hall–Kier alpha value is -4.66. The number of fused-ring (bicyclic) bond motifs is 1. The number of guanidine groups is 1. The average molecular weight is 474 g/mol. The number of nitrogens with one attached hydrogen (secondary N) is 1. The Labute approximate surface area is 200 Å². The zero-order valence-electron chi connectivity index (χ0n) is 18.7. The number of hydrogen-bond acceptors (Lipinski definition) is 4. The molecule has 0 saturated heterocycles. The number of aryl methyl sites for hydroxylation is 1. The van der Waals surface area contributed by atoms with Gasteiger partial charge in [0.1, 0.15) is 5.82 Å². The lowest BCUT2D eigenvalue weighted by Gasteiger charge is -2.09. The summed E-state index contributed by atoms with van der Waals surface area (Å²) in [7, 11) is 0. The standard InChI is InChI=1S/C26H24FN5O3/c27-18-8-11-20-21(13-18)32-25(35)23(20)24(17-6-1-15(2-7-17)5-12-22(33)34)31-19-9-3-16(4-10-19)14-30-26(28)29/h1-4,6-11,13,32,35H,5,12,14H2,(H,33,34)(H4,28,29,30). The number of hydrogen-bond donors (Lipinski definition) is 5. The van der Waals surface area contributed by atoms with Gasteiger partial charge in [0.05, 0.1) is 29.0 Å². The first-order valence-corrected chi connectivity index (χ1v) is 10.8. The van der Waals surface area contributed by atoms with Gasteiger partial charge in [0, 0.05) is 17.4 Å². The van der Waals surface area contributed by atoms with E-state index in [2.05, 4.69) is 9.98 Å². The Balaban J connectivity index is 1.78. The van der Waals surface area contributed by atoms with Gasteiger partial charge in [0.25, 0.3) is 0 Å². The van der Waals surface area contributed by atoms with Gasteiger partial charge in [-0.15, -0.1) is 0 Å². The molecule has 0 atom stereocenters. The molecule has 4 rings (SSSR count). The van der Waals surface area contributed by atoms with Crippen LogP contribution in [0.5, 0.6) is 5.88 Å². The molecule has 0 aliphatic carbocycles. The van der Waals surface area contributed by atoms with E-state index >= 15 is 0 Å². The predicted molar refractivity (Wildman–Crippen MR) is 134 cm³/mol. The number of benzene rings is 3. The first-order valence-electron chi connectivity index (χ1n) is 10.8. The first-order chi connectivity index (χ1) is 16.8. The normalized spacial score (nSPS) is 11.5. The second-order valence-electron chi connectivity index (χ2n) is 8.00. The minimum Gasteiger partial charge on any atom is -0.494 e. The Morgan fingerprint density at radius 1 is 0.971 bits per heavy atom. The molecule has 0 amide bonds. The van der Waals surface area contributed by atoms with Crippen LogP contribution in [0.3, 0.4) is 0 Å². The van der Waals surface area contributed by atoms with Gasteiger partial charge in [-0.2, -0.15) is 0 Å². The van der Waals surface area contributed by atoms with Crippen LogP contribution in [0.1, 0.15) is 28.7 Å². The van der Waals surface area contributed by atoms with Crippen molar-refractivity contribution < 1.29 is 19.4 Å². The monoisotopic (exact) mass is 473 g/mol. The molecule has 0 aliphatic heterocycles. The Morgan fingerprint density at radius 2 is 1.66 bits per heavy atom. The van der Waals surface area contributed by atoms with Crippen molar-refractivity contribution in [1.29, 1.82) is 0 Å². The molecule has 0 radical (unpaired) electrons. The fourth-order valence-corrected chi connectivity index (χ4v) is 3.73. The SMILES string of the molecule is NC(N)=NCc1ccc(N=C(c2ccc(CCC(=O)O)cc2)c2c(O)[nH]c3cc(F)ccc23)cc1. The van der Waals surface area contributed by atoms with E-state index in [0.29, 0.717) is 46.4 Å². The van der Waals surface area contributed by atoms with Crippen LogP contribution in [0.2, 0.25) is 0 Å². The molecule has 0 spiro atoms. The summed E-state index contributed by atoms with van der Waals surface area (Å²) in [5, 5.41) is 20.3. The van der Waals surface area contributed by atoms with E-state index in [1.165, 1.54) is 12.1 Å². The van der Waals surface area contributed by atoms with Gasteiger partial charge in [-0.1, -0.05) is 36.4 Å². The lowest BCUT2D eigenvalue weighted by Crippen LogP contribution is -2.22. The van der Waals surface area contributed by atoms with Crippen molar-refractivity contribution in [2.24, 2.45) is 21.5 Å². The van der Waals surface area contributed by atoms with E-state index in [1.54, 1.807) is 6.07 Å². The highest BCUT2D eigenvalue weighted by Gasteiger charge is 2.19. The molecule has 1 aromatic heterocycles. The number of rotatable bonds is 8. The van der Waals surface area contributed by atoms with Crippen LogP contribution in [0, 0.1) is 5.82 Å². The molecular formula is C26H24FN5O3. The zero-order chi connectivity index (χ0) is 24.9. The minimum absolute atomic E-state index is 0.00688. The van der Waals surface area contributed by atoms with Gasteiger partial charge in [0.15, 0.2) is 11.8 Å². The van der Waals surface area contributed by atoms with Crippen LogP contribution >= 0.6 is 0 Å². The molecule has 9 heteroatoms. The molecule has 178 valence electrons. The summed E-state index contributed by atoms with van der Waals surface area (Å²) in [4.78, 5) is 22.5. The maximum Gasteiger partial charge on any atom is 0.303 e. The molecule has 7 N–H and O–H groups in total. The largest absolute Gasteiger partial charge is 0.494 e. The van der Waals surface area contributed by atoms with E-state index < -0.39 is 11.8 Å². The number of halogens is 1.